The van der Waals surface area contributed by atoms with Crippen LogP contribution in [0.2, 0.25) is 0 Å². The van der Waals surface area contributed by atoms with Crippen LogP contribution in [0, 0.1) is 0 Å². The molecule has 0 fully saturated rings. The molecule has 0 aromatic heterocycles. The van der Waals surface area contributed by atoms with Gasteiger partial charge in [-0.05, 0) is 6.92 Å². The van der Waals surface area contributed by atoms with Gasteiger partial charge in [0, 0.05) is 32.2 Å². The molecule has 0 bridgehead atoms. The highest BCUT2D eigenvalue weighted by Gasteiger charge is 2.31. The summed E-state index contributed by atoms with van der Waals surface area (Å²) in [5.74, 6) is 0. The molecule has 0 unspecified atom stereocenters. The Morgan fingerprint density at radius 3 is 1.87 bits per heavy atom. The van der Waals surface area contributed by atoms with Gasteiger partial charge in [0.05, 0.1) is 13.2 Å². The van der Waals surface area contributed by atoms with E-state index in [-0.39, 0.29) is 31.2 Å². The number of methoxy groups -OCH3 is 2. The fraction of sp³-hybridized carbons (Fsp3) is 0.778. The molecule has 3 nitrogen and oxygen atoms in total. The van der Waals surface area contributed by atoms with Gasteiger partial charge < -0.3 is 9.47 Å². The molecule has 0 saturated carbocycles. The van der Waals surface area contributed by atoms with E-state index >= 15 is 0 Å². The monoisotopic (exact) mass is 243 g/mol. The smallest absolute Gasteiger partial charge is 0.143 e. The third-order valence-corrected chi connectivity index (χ3v) is 3.69. The second kappa shape index (κ2) is 7.16. The lowest BCUT2D eigenvalue weighted by Crippen LogP contribution is -2.30. The molecule has 92 valence electrons. The lowest BCUT2D eigenvalue weighted by Gasteiger charge is -2.34. The summed E-state index contributed by atoms with van der Waals surface area (Å²) >= 11 is 0. The lowest BCUT2D eigenvalue weighted by molar-refractivity contribution is 0.150. The Morgan fingerprint density at radius 2 is 1.60 bits per heavy atom. The highest BCUT2D eigenvalue weighted by atomic mass is 32.3. The molecule has 0 aromatic rings. The fourth-order valence-corrected chi connectivity index (χ4v) is 2.00. The molecule has 0 aliphatic heterocycles. The van der Waals surface area contributed by atoms with Crippen molar-refractivity contribution in [3.63, 3.8) is 0 Å². The molecule has 6 heteroatoms. The number of rotatable bonds is 8. The summed E-state index contributed by atoms with van der Waals surface area (Å²) in [5.41, 5.74) is 0. The van der Waals surface area contributed by atoms with Gasteiger partial charge in [-0.15, -0.1) is 7.77 Å². The van der Waals surface area contributed by atoms with E-state index in [0.717, 1.165) is 4.31 Å². The first kappa shape index (κ1) is 14.8. The average molecular weight is 243 g/mol. The molecule has 0 atom stereocenters. The number of halogens is 2. The van der Waals surface area contributed by atoms with Gasteiger partial charge in [0.25, 0.3) is 0 Å². The zero-order valence-corrected chi connectivity index (χ0v) is 10.3. The average Bonchev–Trinajstić information content (AvgIpc) is 2.17. The third-order valence-electron chi connectivity index (χ3n) is 1.83. The highest BCUT2D eigenvalue weighted by molar-refractivity contribution is 8.26. The van der Waals surface area contributed by atoms with E-state index < -0.39 is 11.0 Å². The predicted molar refractivity (Wildman–Crippen MR) is 59.9 cm³/mol. The first-order valence-corrected chi connectivity index (χ1v) is 5.97. The molecule has 0 aliphatic rings. The van der Waals surface area contributed by atoms with Gasteiger partial charge in [-0.25, -0.2) is 4.31 Å². The minimum absolute atomic E-state index is 0.0882. The summed E-state index contributed by atoms with van der Waals surface area (Å²) in [6, 6.07) is 0. The van der Waals surface area contributed by atoms with Crippen LogP contribution in [0.5, 0.6) is 0 Å². The normalized spacial score (nSPS) is 13.2. The van der Waals surface area contributed by atoms with Crippen LogP contribution in [0.4, 0.5) is 7.77 Å². The largest absolute Gasteiger partial charge is 0.383 e. The summed E-state index contributed by atoms with van der Waals surface area (Å²) in [6.07, 6.45) is 0. The first-order valence-electron chi connectivity index (χ1n) is 4.58. The van der Waals surface area contributed by atoms with Crippen LogP contribution >= 0.6 is 11.0 Å². The maximum atomic E-state index is 13.7. The minimum Gasteiger partial charge on any atom is -0.383 e. The van der Waals surface area contributed by atoms with Crippen molar-refractivity contribution in [2.24, 2.45) is 0 Å². The molecule has 0 aliphatic carbocycles. The van der Waals surface area contributed by atoms with Crippen molar-refractivity contribution in [2.45, 2.75) is 6.92 Å². The Hall–Kier alpha value is -0.170. The van der Waals surface area contributed by atoms with E-state index in [9.17, 15) is 7.77 Å². The van der Waals surface area contributed by atoms with E-state index in [2.05, 4.69) is 6.58 Å². The van der Waals surface area contributed by atoms with Crippen molar-refractivity contribution < 1.29 is 17.2 Å². The molecule has 0 saturated heterocycles. The van der Waals surface area contributed by atoms with E-state index in [0.29, 0.717) is 0 Å². The minimum atomic E-state index is -3.90. The van der Waals surface area contributed by atoms with Gasteiger partial charge in [-0.1, -0.05) is 6.58 Å². The van der Waals surface area contributed by atoms with Crippen LogP contribution in [0.3, 0.4) is 0 Å². The summed E-state index contributed by atoms with van der Waals surface area (Å²) in [5, 5.41) is 0. The van der Waals surface area contributed by atoms with Crippen LogP contribution in [0.25, 0.3) is 0 Å². The summed E-state index contributed by atoms with van der Waals surface area (Å²) in [7, 11) is -0.927. The topological polar surface area (TPSA) is 21.7 Å². The van der Waals surface area contributed by atoms with Crippen LogP contribution in [0.1, 0.15) is 6.92 Å². The SMILES string of the molecule is C=C(C)S(F)(F)N(CCOC)CCOC. The summed E-state index contributed by atoms with van der Waals surface area (Å²) in [6.45, 7) is 5.61. The van der Waals surface area contributed by atoms with E-state index in [1.54, 1.807) is 0 Å². The van der Waals surface area contributed by atoms with Gasteiger partial charge in [0.15, 0.2) is 0 Å². The van der Waals surface area contributed by atoms with Gasteiger partial charge in [-0.3, -0.25) is 0 Å². The van der Waals surface area contributed by atoms with Crippen LogP contribution in [-0.4, -0.2) is 44.8 Å². The lowest BCUT2D eigenvalue weighted by atomic mass is 10.6. The standard InChI is InChI=1S/C9H19F2NO2S/c1-9(2)15(10,11)12(5-7-13-3)6-8-14-4/h1,5-8H2,2-4H3. The molecule has 0 rings (SSSR count). The van der Waals surface area contributed by atoms with Crippen LogP contribution in [-0.2, 0) is 9.47 Å². The molecule has 0 amide bonds. The van der Waals surface area contributed by atoms with Crippen LogP contribution < -0.4 is 0 Å². The Morgan fingerprint density at radius 1 is 1.20 bits per heavy atom. The number of ether oxygens (including phenoxy) is 2. The van der Waals surface area contributed by atoms with Gasteiger partial charge in [0.1, 0.15) is 11.0 Å². The highest BCUT2D eigenvalue weighted by Crippen LogP contribution is 2.60. The molecular weight excluding hydrogens is 224 g/mol. The predicted octanol–water partition coefficient (Wildman–Crippen LogP) is 2.60. The number of hydrogen-bond acceptors (Lipinski definition) is 3. The molecule has 0 N–H and O–H groups in total. The summed E-state index contributed by atoms with van der Waals surface area (Å²) in [4.78, 5) is -0.0882. The van der Waals surface area contributed by atoms with E-state index in [1.807, 2.05) is 0 Å². The molecule has 15 heavy (non-hydrogen) atoms. The van der Waals surface area contributed by atoms with E-state index in [4.69, 9.17) is 9.47 Å². The Labute approximate surface area is 92.1 Å². The maximum absolute atomic E-state index is 13.7. The zero-order valence-electron chi connectivity index (χ0n) is 9.46. The second-order valence-electron chi connectivity index (χ2n) is 3.06. The quantitative estimate of drug-likeness (QED) is 0.654. The zero-order chi connectivity index (χ0) is 11.9. The molecule has 0 spiro atoms. The van der Waals surface area contributed by atoms with Crippen molar-refractivity contribution in [1.82, 2.24) is 4.31 Å². The molecule has 0 aromatic carbocycles. The van der Waals surface area contributed by atoms with Gasteiger partial charge >= 0.3 is 0 Å². The summed E-state index contributed by atoms with van der Waals surface area (Å²) < 4.78 is 38.0. The number of hydrogen-bond donors (Lipinski definition) is 0. The Kier molecular flexibility index (Phi) is 7.08. The Balaban J connectivity index is 4.38. The van der Waals surface area contributed by atoms with Crippen molar-refractivity contribution in [2.75, 3.05) is 40.5 Å². The van der Waals surface area contributed by atoms with Gasteiger partial charge in [-0.2, -0.15) is 0 Å². The van der Waals surface area contributed by atoms with Crippen LogP contribution in [0.15, 0.2) is 11.5 Å². The fourth-order valence-electron chi connectivity index (χ4n) is 0.948. The van der Waals surface area contributed by atoms with Gasteiger partial charge in [0.2, 0.25) is 0 Å². The molecule has 0 radical (unpaired) electrons. The van der Waals surface area contributed by atoms with Crippen molar-refractivity contribution in [3.8, 4) is 0 Å². The van der Waals surface area contributed by atoms with Crippen molar-refractivity contribution >= 4 is 11.0 Å². The second-order valence-corrected chi connectivity index (χ2v) is 5.16. The first-order chi connectivity index (χ1) is 6.96. The van der Waals surface area contributed by atoms with Crippen molar-refractivity contribution in [1.29, 1.82) is 0 Å². The number of allylic oxidation sites excluding steroid dienone is 1. The van der Waals surface area contributed by atoms with Crippen molar-refractivity contribution in [3.05, 3.63) is 11.5 Å². The third kappa shape index (κ3) is 4.92. The molecular formula is C9H19F2NO2S. The Bertz CT molecular complexity index is 195. The molecule has 0 heterocycles. The number of nitrogens with zero attached hydrogens (tertiary/aromatic N) is 1. The maximum Gasteiger partial charge on any atom is 0.143 e. The van der Waals surface area contributed by atoms with E-state index in [1.165, 1.54) is 21.1 Å².